The number of carboxylic acid groups (broad SMARTS) is 1. The van der Waals surface area contributed by atoms with Crippen molar-refractivity contribution in [2.24, 2.45) is 11.8 Å². The summed E-state index contributed by atoms with van der Waals surface area (Å²) in [4.78, 5) is 12.1. The molecule has 3 unspecified atom stereocenters. The van der Waals surface area contributed by atoms with Gasteiger partial charge in [-0.1, -0.05) is 25.4 Å². The van der Waals surface area contributed by atoms with E-state index >= 15 is 0 Å². The maximum atomic E-state index is 11.1. The highest BCUT2D eigenvalue weighted by Crippen LogP contribution is 2.39. The molecule has 4 heteroatoms. The minimum absolute atomic E-state index is 0.198. The van der Waals surface area contributed by atoms with Gasteiger partial charge in [0.15, 0.2) is 0 Å². The fraction of sp³-hybridized carbons (Fsp3) is 0.533. The molecule has 2 nitrogen and oxygen atoms in total. The molecule has 19 heavy (non-hydrogen) atoms. The van der Waals surface area contributed by atoms with Gasteiger partial charge >= 0.3 is 5.97 Å². The second kappa shape index (κ2) is 6.19. The van der Waals surface area contributed by atoms with Crippen LogP contribution in [0.15, 0.2) is 23.1 Å². The predicted octanol–water partition coefficient (Wildman–Crippen LogP) is 4.96. The molecular weight excluding hydrogens is 280 g/mol. The minimum Gasteiger partial charge on any atom is -0.478 e. The van der Waals surface area contributed by atoms with E-state index in [0.29, 0.717) is 10.3 Å². The van der Waals surface area contributed by atoms with Crippen molar-refractivity contribution >= 4 is 29.3 Å². The summed E-state index contributed by atoms with van der Waals surface area (Å²) in [5, 5.41) is 9.98. The molecule has 1 fully saturated rings. The van der Waals surface area contributed by atoms with Gasteiger partial charge in [0.1, 0.15) is 0 Å². The van der Waals surface area contributed by atoms with Crippen LogP contribution < -0.4 is 0 Å². The Morgan fingerprint density at radius 1 is 1.32 bits per heavy atom. The average molecular weight is 299 g/mol. The Hall–Kier alpha value is -0.670. The zero-order chi connectivity index (χ0) is 14.0. The number of rotatable bonds is 3. The summed E-state index contributed by atoms with van der Waals surface area (Å²) in [6.45, 7) is 4.62. The predicted molar refractivity (Wildman–Crippen MR) is 80.2 cm³/mol. The number of carbonyl (C=O) groups is 1. The van der Waals surface area contributed by atoms with Gasteiger partial charge in [0.2, 0.25) is 0 Å². The highest BCUT2D eigenvalue weighted by atomic mass is 35.5. The number of hydrogen-bond donors (Lipinski definition) is 1. The zero-order valence-electron chi connectivity index (χ0n) is 11.2. The van der Waals surface area contributed by atoms with Crippen LogP contribution in [0.2, 0.25) is 5.02 Å². The highest BCUT2D eigenvalue weighted by molar-refractivity contribution is 8.00. The Labute approximate surface area is 123 Å². The molecule has 1 saturated carbocycles. The Morgan fingerprint density at radius 3 is 2.68 bits per heavy atom. The number of halogens is 1. The van der Waals surface area contributed by atoms with Crippen molar-refractivity contribution in [2.45, 2.75) is 43.3 Å². The molecule has 0 spiro atoms. The molecule has 0 aromatic heterocycles. The molecule has 0 amide bonds. The van der Waals surface area contributed by atoms with Crippen molar-refractivity contribution in [2.75, 3.05) is 0 Å². The van der Waals surface area contributed by atoms with Gasteiger partial charge in [0, 0.05) is 10.1 Å². The summed E-state index contributed by atoms with van der Waals surface area (Å²) in [6.07, 6.45) is 3.68. The molecule has 0 saturated heterocycles. The van der Waals surface area contributed by atoms with Crippen LogP contribution in [0.3, 0.4) is 0 Å². The van der Waals surface area contributed by atoms with E-state index in [4.69, 9.17) is 16.7 Å². The zero-order valence-corrected chi connectivity index (χ0v) is 12.8. The van der Waals surface area contributed by atoms with Crippen molar-refractivity contribution < 1.29 is 9.90 Å². The van der Waals surface area contributed by atoms with E-state index in [1.54, 1.807) is 23.9 Å². The number of benzene rings is 1. The van der Waals surface area contributed by atoms with E-state index in [1.165, 1.54) is 19.3 Å². The van der Waals surface area contributed by atoms with E-state index in [2.05, 4.69) is 13.8 Å². The first kappa shape index (κ1) is 14.7. The van der Waals surface area contributed by atoms with Gasteiger partial charge < -0.3 is 5.11 Å². The third-order valence-electron chi connectivity index (χ3n) is 4.02. The van der Waals surface area contributed by atoms with E-state index in [1.807, 2.05) is 6.07 Å². The van der Waals surface area contributed by atoms with Crippen LogP contribution in [0.25, 0.3) is 0 Å². The van der Waals surface area contributed by atoms with Gasteiger partial charge in [-0.15, -0.1) is 11.8 Å². The Morgan fingerprint density at radius 2 is 2.05 bits per heavy atom. The largest absolute Gasteiger partial charge is 0.478 e. The Bertz CT molecular complexity index is 475. The smallest absolute Gasteiger partial charge is 0.337 e. The van der Waals surface area contributed by atoms with Crippen LogP contribution in [0.4, 0.5) is 0 Å². The quantitative estimate of drug-likeness (QED) is 0.857. The molecule has 104 valence electrons. The van der Waals surface area contributed by atoms with E-state index in [9.17, 15) is 4.79 Å². The number of aromatic carboxylic acids is 1. The lowest BCUT2D eigenvalue weighted by atomic mass is 9.81. The molecule has 0 aliphatic heterocycles. The summed E-state index contributed by atoms with van der Waals surface area (Å²) < 4.78 is 0. The molecule has 1 N–H and O–H groups in total. The molecular formula is C15H19ClO2S. The normalized spacial score (nSPS) is 27.2. The lowest BCUT2D eigenvalue weighted by Crippen LogP contribution is -2.22. The van der Waals surface area contributed by atoms with Gasteiger partial charge in [-0.25, -0.2) is 4.79 Å². The highest BCUT2D eigenvalue weighted by Gasteiger charge is 2.25. The molecule has 3 atom stereocenters. The fourth-order valence-corrected chi connectivity index (χ4v) is 4.11. The van der Waals surface area contributed by atoms with Crippen LogP contribution >= 0.6 is 23.4 Å². The summed E-state index contributed by atoms with van der Waals surface area (Å²) >= 11 is 7.67. The maximum Gasteiger partial charge on any atom is 0.337 e. The number of hydrogen-bond acceptors (Lipinski definition) is 2. The number of thioether (sulfide) groups is 1. The summed E-state index contributed by atoms with van der Waals surface area (Å²) in [6, 6.07) is 5.29. The monoisotopic (exact) mass is 298 g/mol. The molecule has 0 heterocycles. The van der Waals surface area contributed by atoms with Crippen molar-refractivity contribution in [3.05, 3.63) is 28.8 Å². The third-order valence-corrected chi connectivity index (χ3v) is 5.64. The second-order valence-electron chi connectivity index (χ2n) is 5.45. The first-order valence-corrected chi connectivity index (χ1v) is 7.92. The molecule has 0 bridgehead atoms. The van der Waals surface area contributed by atoms with Crippen LogP contribution in [0.5, 0.6) is 0 Å². The number of carboxylic acids is 1. The average Bonchev–Trinajstić information content (AvgIpc) is 2.36. The van der Waals surface area contributed by atoms with Gasteiger partial charge in [-0.3, -0.25) is 0 Å². The molecule has 1 aliphatic carbocycles. The lowest BCUT2D eigenvalue weighted by Gasteiger charge is -2.31. The molecule has 1 aliphatic rings. The van der Waals surface area contributed by atoms with Gasteiger partial charge in [0.25, 0.3) is 0 Å². The fourth-order valence-electron chi connectivity index (χ4n) is 2.54. The van der Waals surface area contributed by atoms with Crippen LogP contribution in [0, 0.1) is 11.8 Å². The summed E-state index contributed by atoms with van der Waals surface area (Å²) in [5.41, 5.74) is 0.198. The van der Waals surface area contributed by atoms with Gasteiger partial charge in [-0.2, -0.15) is 0 Å². The van der Waals surface area contributed by atoms with Gasteiger partial charge in [-0.05, 0) is 49.3 Å². The van der Waals surface area contributed by atoms with Crippen molar-refractivity contribution in [1.82, 2.24) is 0 Å². The van der Waals surface area contributed by atoms with Crippen molar-refractivity contribution in [3.63, 3.8) is 0 Å². The van der Waals surface area contributed by atoms with E-state index in [-0.39, 0.29) is 5.56 Å². The second-order valence-corrected chi connectivity index (χ2v) is 7.24. The maximum absolute atomic E-state index is 11.1. The Balaban J connectivity index is 2.07. The van der Waals surface area contributed by atoms with E-state index in [0.717, 1.165) is 16.7 Å². The summed E-state index contributed by atoms with van der Waals surface area (Å²) in [5.74, 6) is 0.590. The van der Waals surface area contributed by atoms with Crippen molar-refractivity contribution in [3.8, 4) is 0 Å². The lowest BCUT2D eigenvalue weighted by molar-refractivity contribution is 0.0697. The first-order chi connectivity index (χ1) is 8.97. The third kappa shape index (κ3) is 3.67. The molecule has 0 radical (unpaired) electrons. The topological polar surface area (TPSA) is 37.3 Å². The SMILES string of the molecule is CC1CCC(Sc2ccc(Cl)c(C(=O)O)c2)CC1C. The van der Waals surface area contributed by atoms with Crippen LogP contribution in [-0.2, 0) is 0 Å². The molecule has 1 aromatic rings. The van der Waals surface area contributed by atoms with Gasteiger partial charge in [0.05, 0.1) is 10.6 Å². The van der Waals surface area contributed by atoms with E-state index < -0.39 is 5.97 Å². The standard InChI is InChI=1S/C15H19ClO2S/c1-9-3-4-11(7-10(9)2)19-12-5-6-14(16)13(8-12)15(17)18/h5-6,8-11H,3-4,7H2,1-2H3,(H,17,18). The van der Waals surface area contributed by atoms with Crippen molar-refractivity contribution in [1.29, 1.82) is 0 Å². The first-order valence-electron chi connectivity index (χ1n) is 6.67. The molecule has 2 rings (SSSR count). The minimum atomic E-state index is -0.960. The van der Waals surface area contributed by atoms with Crippen LogP contribution in [-0.4, -0.2) is 16.3 Å². The summed E-state index contributed by atoms with van der Waals surface area (Å²) in [7, 11) is 0. The molecule has 1 aromatic carbocycles. The van der Waals surface area contributed by atoms with Crippen LogP contribution in [0.1, 0.15) is 43.5 Å². The Kier molecular flexibility index (Phi) is 4.80.